The highest BCUT2D eigenvalue weighted by Crippen LogP contribution is 2.19. The van der Waals surface area contributed by atoms with Crippen LogP contribution in [0.2, 0.25) is 0 Å². The normalized spacial score (nSPS) is 14.6. The van der Waals surface area contributed by atoms with E-state index >= 15 is 0 Å². The van der Waals surface area contributed by atoms with Crippen LogP contribution in [0.1, 0.15) is 26.2 Å². The number of anilines is 2. The van der Waals surface area contributed by atoms with Crippen molar-refractivity contribution in [1.82, 2.24) is 15.0 Å². The first kappa shape index (κ1) is 14.8. The fraction of sp³-hybridized carbons (Fsp3) is 0.769. The summed E-state index contributed by atoms with van der Waals surface area (Å²) in [6.07, 6.45) is 3.39. The number of aromatic nitrogens is 3. The summed E-state index contributed by atoms with van der Waals surface area (Å²) in [5.74, 6) is 1.28. The maximum atomic E-state index is 5.51. The first-order chi connectivity index (χ1) is 9.83. The van der Waals surface area contributed by atoms with E-state index in [4.69, 9.17) is 9.47 Å². The number of rotatable bonds is 8. The SMILES string of the molecule is CCCNc1nc(OCCOC)nc(N2CCCC2)n1. The van der Waals surface area contributed by atoms with Crippen molar-refractivity contribution in [3.63, 3.8) is 0 Å². The number of methoxy groups -OCH3 is 1. The Morgan fingerprint density at radius 3 is 2.65 bits per heavy atom. The van der Waals surface area contributed by atoms with Crippen LogP contribution < -0.4 is 15.0 Å². The smallest absolute Gasteiger partial charge is 0.323 e. The van der Waals surface area contributed by atoms with Gasteiger partial charge in [-0.25, -0.2) is 0 Å². The minimum absolute atomic E-state index is 0.359. The van der Waals surface area contributed by atoms with Gasteiger partial charge in [0.15, 0.2) is 0 Å². The zero-order valence-electron chi connectivity index (χ0n) is 12.3. The fourth-order valence-corrected chi connectivity index (χ4v) is 2.00. The van der Waals surface area contributed by atoms with Crippen LogP contribution in [0.25, 0.3) is 0 Å². The second kappa shape index (κ2) is 7.84. The molecule has 2 rings (SSSR count). The van der Waals surface area contributed by atoms with Crippen molar-refractivity contribution in [3.8, 4) is 6.01 Å². The van der Waals surface area contributed by atoms with E-state index in [2.05, 4.69) is 32.1 Å². The van der Waals surface area contributed by atoms with Crippen molar-refractivity contribution in [3.05, 3.63) is 0 Å². The van der Waals surface area contributed by atoms with Gasteiger partial charge in [0.25, 0.3) is 0 Å². The molecule has 7 heteroatoms. The van der Waals surface area contributed by atoms with Gasteiger partial charge >= 0.3 is 6.01 Å². The van der Waals surface area contributed by atoms with Gasteiger partial charge < -0.3 is 19.7 Å². The lowest BCUT2D eigenvalue weighted by molar-refractivity contribution is 0.141. The number of nitrogens with zero attached hydrogens (tertiary/aromatic N) is 4. The van der Waals surface area contributed by atoms with Gasteiger partial charge in [-0.05, 0) is 19.3 Å². The molecule has 0 radical (unpaired) electrons. The van der Waals surface area contributed by atoms with Crippen molar-refractivity contribution >= 4 is 11.9 Å². The predicted molar refractivity (Wildman–Crippen MR) is 77.4 cm³/mol. The molecule has 1 aliphatic heterocycles. The number of ether oxygens (including phenoxy) is 2. The summed E-state index contributed by atoms with van der Waals surface area (Å²) < 4.78 is 10.5. The summed E-state index contributed by atoms with van der Waals surface area (Å²) in [4.78, 5) is 15.3. The average Bonchev–Trinajstić information content (AvgIpc) is 2.99. The monoisotopic (exact) mass is 281 g/mol. The molecule has 0 aliphatic carbocycles. The number of nitrogens with one attached hydrogen (secondary N) is 1. The Balaban J connectivity index is 2.09. The molecule has 0 aromatic carbocycles. The first-order valence-electron chi connectivity index (χ1n) is 7.20. The molecule has 1 fully saturated rings. The first-order valence-corrected chi connectivity index (χ1v) is 7.20. The largest absolute Gasteiger partial charge is 0.461 e. The Morgan fingerprint density at radius 1 is 1.15 bits per heavy atom. The van der Waals surface area contributed by atoms with Crippen LogP contribution in [0.5, 0.6) is 6.01 Å². The highest BCUT2D eigenvalue weighted by Gasteiger charge is 2.17. The van der Waals surface area contributed by atoms with E-state index in [9.17, 15) is 0 Å². The van der Waals surface area contributed by atoms with E-state index in [0.29, 0.717) is 31.1 Å². The van der Waals surface area contributed by atoms with Gasteiger partial charge in [-0.2, -0.15) is 15.0 Å². The molecule has 0 spiro atoms. The van der Waals surface area contributed by atoms with Crippen LogP contribution in [0, 0.1) is 0 Å². The van der Waals surface area contributed by atoms with Gasteiger partial charge in [0.1, 0.15) is 6.61 Å². The van der Waals surface area contributed by atoms with Crippen LogP contribution in [-0.4, -0.2) is 54.9 Å². The maximum absolute atomic E-state index is 5.51. The summed E-state index contributed by atoms with van der Waals surface area (Å²) in [6.45, 7) is 5.88. The molecule has 1 aromatic rings. The number of hydrogen-bond acceptors (Lipinski definition) is 7. The number of hydrogen-bond donors (Lipinski definition) is 1. The lowest BCUT2D eigenvalue weighted by Crippen LogP contribution is -2.22. The summed E-state index contributed by atoms with van der Waals surface area (Å²) in [5, 5.41) is 3.19. The molecule has 1 saturated heterocycles. The molecular formula is C13H23N5O2. The van der Waals surface area contributed by atoms with Crippen molar-refractivity contribution in [2.75, 3.05) is 50.2 Å². The highest BCUT2D eigenvalue weighted by atomic mass is 16.5. The molecule has 1 N–H and O–H groups in total. The average molecular weight is 281 g/mol. The summed E-state index contributed by atoms with van der Waals surface area (Å²) in [5.41, 5.74) is 0. The third-order valence-electron chi connectivity index (χ3n) is 3.04. The second-order valence-electron chi connectivity index (χ2n) is 4.70. The maximum Gasteiger partial charge on any atom is 0.323 e. The molecule has 0 amide bonds. The lowest BCUT2D eigenvalue weighted by atomic mass is 10.4. The Morgan fingerprint density at radius 2 is 1.95 bits per heavy atom. The van der Waals surface area contributed by atoms with Crippen molar-refractivity contribution in [2.45, 2.75) is 26.2 Å². The Bertz CT molecular complexity index is 410. The molecule has 20 heavy (non-hydrogen) atoms. The minimum atomic E-state index is 0.359. The van der Waals surface area contributed by atoms with Crippen LogP contribution in [0.15, 0.2) is 0 Å². The van der Waals surface area contributed by atoms with E-state index in [1.54, 1.807) is 7.11 Å². The molecule has 0 unspecified atom stereocenters. The van der Waals surface area contributed by atoms with Gasteiger partial charge in [-0.3, -0.25) is 0 Å². The van der Waals surface area contributed by atoms with Crippen LogP contribution in [-0.2, 0) is 4.74 Å². The van der Waals surface area contributed by atoms with Gasteiger partial charge in [0.2, 0.25) is 11.9 Å². The minimum Gasteiger partial charge on any atom is -0.461 e. The Kier molecular flexibility index (Phi) is 5.79. The molecule has 2 heterocycles. The fourth-order valence-electron chi connectivity index (χ4n) is 2.00. The van der Waals surface area contributed by atoms with Gasteiger partial charge in [-0.15, -0.1) is 0 Å². The van der Waals surface area contributed by atoms with Crippen LogP contribution >= 0.6 is 0 Å². The highest BCUT2D eigenvalue weighted by molar-refractivity contribution is 5.39. The van der Waals surface area contributed by atoms with Gasteiger partial charge in [-0.1, -0.05) is 6.92 Å². The van der Waals surface area contributed by atoms with Crippen LogP contribution in [0.3, 0.4) is 0 Å². The molecule has 0 saturated carbocycles. The predicted octanol–water partition coefficient (Wildman–Crippen LogP) is 1.32. The standard InChI is InChI=1S/C13H23N5O2/c1-3-6-14-11-15-12(18-7-4-5-8-18)17-13(16-11)20-10-9-19-2/h3-10H2,1-2H3,(H,14,15,16,17). The molecule has 0 bridgehead atoms. The topological polar surface area (TPSA) is 72.4 Å². The third-order valence-corrected chi connectivity index (χ3v) is 3.04. The van der Waals surface area contributed by atoms with Crippen molar-refractivity contribution in [1.29, 1.82) is 0 Å². The summed E-state index contributed by atoms with van der Waals surface area (Å²) in [6, 6.07) is 0.359. The van der Waals surface area contributed by atoms with Crippen LogP contribution in [0.4, 0.5) is 11.9 Å². The summed E-state index contributed by atoms with van der Waals surface area (Å²) >= 11 is 0. The van der Waals surface area contributed by atoms with Gasteiger partial charge in [0.05, 0.1) is 6.61 Å². The van der Waals surface area contributed by atoms with Crippen molar-refractivity contribution in [2.24, 2.45) is 0 Å². The zero-order valence-corrected chi connectivity index (χ0v) is 12.3. The van der Waals surface area contributed by atoms with E-state index in [1.807, 2.05) is 0 Å². The molecule has 112 valence electrons. The van der Waals surface area contributed by atoms with Gasteiger partial charge in [0, 0.05) is 26.7 Å². The van der Waals surface area contributed by atoms with E-state index in [1.165, 1.54) is 12.8 Å². The molecule has 0 atom stereocenters. The van der Waals surface area contributed by atoms with Crippen molar-refractivity contribution < 1.29 is 9.47 Å². The summed E-state index contributed by atoms with van der Waals surface area (Å²) in [7, 11) is 1.64. The Hall–Kier alpha value is -1.63. The molecule has 7 nitrogen and oxygen atoms in total. The molecular weight excluding hydrogens is 258 g/mol. The zero-order chi connectivity index (χ0) is 14.2. The second-order valence-corrected chi connectivity index (χ2v) is 4.70. The molecule has 1 aliphatic rings. The lowest BCUT2D eigenvalue weighted by Gasteiger charge is -2.16. The van der Waals surface area contributed by atoms with E-state index in [-0.39, 0.29) is 0 Å². The quantitative estimate of drug-likeness (QED) is 0.720. The van der Waals surface area contributed by atoms with E-state index < -0.39 is 0 Å². The Labute approximate surface area is 119 Å². The third kappa shape index (κ3) is 4.19. The van der Waals surface area contributed by atoms with E-state index in [0.717, 1.165) is 26.1 Å². The molecule has 1 aromatic heterocycles.